The lowest BCUT2D eigenvalue weighted by molar-refractivity contribution is 0.235. The molecule has 1 N–H and O–H groups in total. The number of nitrogens with zero attached hydrogens (tertiary/aromatic N) is 1. The summed E-state index contributed by atoms with van der Waals surface area (Å²) in [4.78, 5) is 2.59. The molecule has 0 radical (unpaired) electrons. The summed E-state index contributed by atoms with van der Waals surface area (Å²) in [6, 6.07) is 21.9. The van der Waals surface area contributed by atoms with Gasteiger partial charge in [-0.2, -0.15) is 0 Å². The van der Waals surface area contributed by atoms with Crippen LogP contribution >= 0.6 is 12.4 Å². The minimum absolute atomic E-state index is 0. The standard InChI is InChI=1S/C20H26N2.ClH/c1-3-8-18(9-4-1)20(19-10-5-2-6-11-19)12-7-15-22-16-13-21-14-17-22;/h1-6,8-11,20-21H,7,12-17H2;1H. The van der Waals surface area contributed by atoms with Crippen LogP contribution in [-0.2, 0) is 0 Å². The second kappa shape index (κ2) is 9.71. The number of piperazine rings is 1. The fourth-order valence-corrected chi connectivity index (χ4v) is 3.35. The molecule has 0 spiro atoms. The largest absolute Gasteiger partial charge is 0.314 e. The molecule has 3 rings (SSSR count). The third-order valence-corrected chi connectivity index (χ3v) is 4.58. The van der Waals surface area contributed by atoms with E-state index in [0.29, 0.717) is 5.92 Å². The van der Waals surface area contributed by atoms with Gasteiger partial charge in [0.15, 0.2) is 0 Å². The monoisotopic (exact) mass is 330 g/mol. The fraction of sp³-hybridized carbons (Fsp3) is 0.400. The lowest BCUT2D eigenvalue weighted by Crippen LogP contribution is -2.43. The highest BCUT2D eigenvalue weighted by Gasteiger charge is 2.15. The van der Waals surface area contributed by atoms with Crippen LogP contribution in [0.15, 0.2) is 60.7 Å². The summed E-state index contributed by atoms with van der Waals surface area (Å²) in [7, 11) is 0. The van der Waals surface area contributed by atoms with E-state index < -0.39 is 0 Å². The Bertz CT molecular complexity index is 499. The van der Waals surface area contributed by atoms with Gasteiger partial charge in [-0.1, -0.05) is 60.7 Å². The Morgan fingerprint density at radius 3 is 1.87 bits per heavy atom. The predicted molar refractivity (Wildman–Crippen MR) is 101 cm³/mol. The van der Waals surface area contributed by atoms with Gasteiger partial charge in [-0.3, -0.25) is 0 Å². The molecule has 2 aromatic rings. The minimum atomic E-state index is 0. The molecule has 2 nitrogen and oxygen atoms in total. The van der Waals surface area contributed by atoms with Crippen LogP contribution in [0.4, 0.5) is 0 Å². The van der Waals surface area contributed by atoms with E-state index in [-0.39, 0.29) is 12.4 Å². The average molecular weight is 331 g/mol. The topological polar surface area (TPSA) is 15.3 Å². The first-order chi connectivity index (χ1) is 10.9. The summed E-state index contributed by atoms with van der Waals surface area (Å²) in [6.45, 7) is 5.89. The van der Waals surface area contributed by atoms with Crippen molar-refractivity contribution in [1.82, 2.24) is 10.2 Å². The molecule has 2 aromatic carbocycles. The van der Waals surface area contributed by atoms with Crippen molar-refractivity contribution in [3.63, 3.8) is 0 Å². The first kappa shape index (κ1) is 18.0. The van der Waals surface area contributed by atoms with E-state index in [4.69, 9.17) is 0 Å². The normalized spacial score (nSPS) is 15.3. The van der Waals surface area contributed by atoms with Gasteiger partial charge in [0.2, 0.25) is 0 Å². The molecular formula is C20H27ClN2. The van der Waals surface area contributed by atoms with Crippen molar-refractivity contribution in [3.8, 4) is 0 Å². The van der Waals surface area contributed by atoms with E-state index in [2.05, 4.69) is 70.9 Å². The predicted octanol–water partition coefficient (Wildman–Crippen LogP) is 3.93. The highest BCUT2D eigenvalue weighted by atomic mass is 35.5. The Balaban J connectivity index is 0.00000192. The molecule has 0 bridgehead atoms. The molecule has 0 unspecified atom stereocenters. The quantitative estimate of drug-likeness (QED) is 0.863. The zero-order valence-electron chi connectivity index (χ0n) is 13.7. The zero-order valence-corrected chi connectivity index (χ0v) is 14.5. The third kappa shape index (κ3) is 5.35. The van der Waals surface area contributed by atoms with Crippen LogP contribution in [-0.4, -0.2) is 37.6 Å². The number of halogens is 1. The molecular weight excluding hydrogens is 304 g/mol. The van der Waals surface area contributed by atoms with Gasteiger partial charge in [0.1, 0.15) is 0 Å². The van der Waals surface area contributed by atoms with E-state index in [1.165, 1.54) is 43.6 Å². The van der Waals surface area contributed by atoms with Crippen molar-refractivity contribution in [2.75, 3.05) is 32.7 Å². The van der Waals surface area contributed by atoms with Crippen molar-refractivity contribution < 1.29 is 0 Å². The summed E-state index contributed by atoms with van der Waals surface area (Å²) in [5, 5.41) is 3.42. The fourth-order valence-electron chi connectivity index (χ4n) is 3.35. The first-order valence-corrected chi connectivity index (χ1v) is 8.46. The third-order valence-electron chi connectivity index (χ3n) is 4.58. The Kier molecular flexibility index (Phi) is 7.60. The molecule has 0 atom stereocenters. The van der Waals surface area contributed by atoms with E-state index >= 15 is 0 Å². The smallest absolute Gasteiger partial charge is 0.0107 e. The summed E-state index contributed by atoms with van der Waals surface area (Å²) in [5.41, 5.74) is 2.88. The second-order valence-electron chi connectivity index (χ2n) is 6.11. The van der Waals surface area contributed by atoms with Crippen molar-refractivity contribution in [1.29, 1.82) is 0 Å². The molecule has 1 aliphatic heterocycles. The van der Waals surface area contributed by atoms with Crippen molar-refractivity contribution in [2.24, 2.45) is 0 Å². The average Bonchev–Trinajstić information content (AvgIpc) is 2.61. The van der Waals surface area contributed by atoms with Crippen molar-refractivity contribution >= 4 is 12.4 Å². The first-order valence-electron chi connectivity index (χ1n) is 8.46. The number of hydrogen-bond acceptors (Lipinski definition) is 2. The molecule has 0 saturated carbocycles. The van der Waals surface area contributed by atoms with Gasteiger partial charge in [-0.25, -0.2) is 0 Å². The lowest BCUT2D eigenvalue weighted by Gasteiger charge is -2.28. The summed E-state index contributed by atoms with van der Waals surface area (Å²) < 4.78 is 0. The van der Waals surface area contributed by atoms with Crippen LogP contribution in [0, 0.1) is 0 Å². The maximum absolute atomic E-state index is 3.42. The van der Waals surface area contributed by atoms with E-state index in [1.54, 1.807) is 0 Å². The van der Waals surface area contributed by atoms with Gasteiger partial charge in [-0.05, 0) is 30.5 Å². The molecule has 0 aliphatic carbocycles. The minimum Gasteiger partial charge on any atom is -0.314 e. The Morgan fingerprint density at radius 2 is 1.35 bits per heavy atom. The molecule has 1 fully saturated rings. The van der Waals surface area contributed by atoms with Gasteiger partial charge in [0.25, 0.3) is 0 Å². The molecule has 1 heterocycles. The Labute approximate surface area is 146 Å². The Hall–Kier alpha value is -1.35. The number of nitrogens with one attached hydrogen (secondary N) is 1. The van der Waals surface area contributed by atoms with E-state index in [9.17, 15) is 0 Å². The molecule has 0 amide bonds. The number of benzene rings is 2. The summed E-state index contributed by atoms with van der Waals surface area (Å²) in [5.74, 6) is 0.519. The van der Waals surface area contributed by atoms with Crippen LogP contribution in [0.3, 0.4) is 0 Å². The van der Waals surface area contributed by atoms with E-state index in [1.807, 2.05) is 0 Å². The maximum Gasteiger partial charge on any atom is 0.0107 e. The van der Waals surface area contributed by atoms with E-state index in [0.717, 1.165) is 13.1 Å². The molecule has 23 heavy (non-hydrogen) atoms. The lowest BCUT2D eigenvalue weighted by atomic mass is 9.87. The highest BCUT2D eigenvalue weighted by Crippen LogP contribution is 2.29. The summed E-state index contributed by atoms with van der Waals surface area (Å²) >= 11 is 0. The number of rotatable bonds is 6. The van der Waals surface area contributed by atoms with Gasteiger partial charge in [0, 0.05) is 32.1 Å². The molecule has 0 aromatic heterocycles. The highest BCUT2D eigenvalue weighted by molar-refractivity contribution is 5.85. The number of hydrogen-bond donors (Lipinski definition) is 1. The van der Waals surface area contributed by atoms with Gasteiger partial charge in [-0.15, -0.1) is 12.4 Å². The molecule has 1 saturated heterocycles. The van der Waals surface area contributed by atoms with Crippen LogP contribution < -0.4 is 5.32 Å². The van der Waals surface area contributed by atoms with Crippen molar-refractivity contribution in [2.45, 2.75) is 18.8 Å². The molecule has 124 valence electrons. The van der Waals surface area contributed by atoms with Gasteiger partial charge >= 0.3 is 0 Å². The van der Waals surface area contributed by atoms with Crippen LogP contribution in [0.25, 0.3) is 0 Å². The Morgan fingerprint density at radius 1 is 0.826 bits per heavy atom. The van der Waals surface area contributed by atoms with Crippen molar-refractivity contribution in [3.05, 3.63) is 71.8 Å². The van der Waals surface area contributed by atoms with Crippen LogP contribution in [0.2, 0.25) is 0 Å². The zero-order chi connectivity index (χ0) is 15.0. The van der Waals surface area contributed by atoms with Gasteiger partial charge < -0.3 is 10.2 Å². The maximum atomic E-state index is 3.42. The van der Waals surface area contributed by atoms with Crippen LogP contribution in [0.1, 0.15) is 29.9 Å². The van der Waals surface area contributed by atoms with Crippen LogP contribution in [0.5, 0.6) is 0 Å². The molecule has 1 aliphatic rings. The SMILES string of the molecule is Cl.c1ccc(C(CCCN2CCNCC2)c2ccccc2)cc1. The van der Waals surface area contributed by atoms with Gasteiger partial charge in [0.05, 0.1) is 0 Å². The molecule has 3 heteroatoms. The summed E-state index contributed by atoms with van der Waals surface area (Å²) in [6.07, 6.45) is 2.48. The second-order valence-corrected chi connectivity index (χ2v) is 6.11.